The number of guanidine groups is 1. The summed E-state index contributed by atoms with van der Waals surface area (Å²) in [5.41, 5.74) is 1.50. The minimum atomic E-state index is -0.194. The van der Waals surface area contributed by atoms with Crippen molar-refractivity contribution in [2.75, 3.05) is 31.1 Å². The lowest BCUT2D eigenvalue weighted by Gasteiger charge is -2.21. The normalized spacial score (nSPS) is 11.2. The summed E-state index contributed by atoms with van der Waals surface area (Å²) in [5.74, 6) is 0.510. The Morgan fingerprint density at radius 3 is 2.55 bits per heavy atom. The zero-order valence-corrected chi connectivity index (χ0v) is 13.8. The molecule has 0 heterocycles. The molecule has 5 heteroatoms. The molecule has 22 heavy (non-hydrogen) atoms. The number of nitrogens with one attached hydrogen (secondary N) is 2. The minimum Gasteiger partial charge on any atom is -0.370 e. The molecule has 1 aromatic rings. The fraction of sp³-hybridized carbons (Fsp3) is 0.471. The van der Waals surface area contributed by atoms with Gasteiger partial charge in [0.05, 0.1) is 12.2 Å². The molecule has 0 fully saturated rings. The van der Waals surface area contributed by atoms with Crippen LogP contribution >= 0.6 is 0 Å². The molecular weight excluding hydrogens is 279 g/mol. The number of anilines is 1. The minimum absolute atomic E-state index is 0.194. The van der Waals surface area contributed by atoms with Crippen molar-refractivity contribution in [2.45, 2.75) is 27.3 Å². The number of rotatable bonds is 8. The summed E-state index contributed by atoms with van der Waals surface area (Å²) < 4.78 is 14.2. The lowest BCUT2D eigenvalue weighted by molar-refractivity contribution is 0.617. The lowest BCUT2D eigenvalue weighted by Crippen LogP contribution is -2.37. The molecular formula is C17H27FN4. The molecule has 0 amide bonds. The number of aliphatic imine (C=N–C) groups is 1. The summed E-state index contributed by atoms with van der Waals surface area (Å²) in [6, 6.07) is 5.32. The van der Waals surface area contributed by atoms with Crippen LogP contribution in [0.15, 0.2) is 35.8 Å². The highest BCUT2D eigenvalue weighted by molar-refractivity contribution is 5.79. The number of benzene rings is 1. The molecule has 2 N–H and O–H groups in total. The highest BCUT2D eigenvalue weighted by Crippen LogP contribution is 2.20. The van der Waals surface area contributed by atoms with Gasteiger partial charge in [-0.25, -0.2) is 9.38 Å². The van der Waals surface area contributed by atoms with Gasteiger partial charge in [-0.05, 0) is 38.5 Å². The van der Waals surface area contributed by atoms with Gasteiger partial charge in [0.1, 0.15) is 5.82 Å². The first-order valence-corrected chi connectivity index (χ1v) is 7.82. The third-order valence-corrected chi connectivity index (χ3v) is 3.29. The summed E-state index contributed by atoms with van der Waals surface area (Å²) in [4.78, 5) is 6.44. The second-order valence-corrected chi connectivity index (χ2v) is 4.82. The van der Waals surface area contributed by atoms with Crippen LogP contribution in [0.4, 0.5) is 10.1 Å². The van der Waals surface area contributed by atoms with Crippen molar-refractivity contribution in [1.29, 1.82) is 0 Å². The molecule has 1 aromatic carbocycles. The molecule has 0 aliphatic heterocycles. The van der Waals surface area contributed by atoms with Gasteiger partial charge >= 0.3 is 0 Å². The molecule has 0 aliphatic rings. The predicted molar refractivity (Wildman–Crippen MR) is 93.0 cm³/mol. The smallest absolute Gasteiger partial charge is 0.191 e. The largest absolute Gasteiger partial charge is 0.370 e. The van der Waals surface area contributed by atoms with E-state index in [0.29, 0.717) is 24.7 Å². The average molecular weight is 306 g/mol. The molecule has 0 saturated heterocycles. The van der Waals surface area contributed by atoms with E-state index in [1.807, 2.05) is 37.8 Å². The predicted octanol–water partition coefficient (Wildman–Crippen LogP) is 2.91. The van der Waals surface area contributed by atoms with E-state index in [4.69, 9.17) is 0 Å². The van der Waals surface area contributed by atoms with Crippen molar-refractivity contribution in [1.82, 2.24) is 10.6 Å². The van der Waals surface area contributed by atoms with Crippen molar-refractivity contribution in [3.8, 4) is 0 Å². The van der Waals surface area contributed by atoms with Gasteiger partial charge in [0.15, 0.2) is 5.96 Å². The molecule has 0 atom stereocenters. The van der Waals surface area contributed by atoms with Crippen LogP contribution < -0.4 is 15.5 Å². The van der Waals surface area contributed by atoms with Crippen LogP contribution in [0.1, 0.15) is 26.3 Å². The van der Waals surface area contributed by atoms with Crippen molar-refractivity contribution in [2.24, 2.45) is 4.99 Å². The van der Waals surface area contributed by atoms with Gasteiger partial charge in [-0.3, -0.25) is 0 Å². The maximum Gasteiger partial charge on any atom is 0.191 e. The Bertz CT molecular complexity index is 495. The van der Waals surface area contributed by atoms with Gasteiger partial charge in [0.25, 0.3) is 0 Å². The summed E-state index contributed by atoms with van der Waals surface area (Å²) in [6.07, 6.45) is 1.77. The first kappa shape index (κ1) is 18.0. The maximum atomic E-state index is 14.2. The second kappa shape index (κ2) is 9.82. The van der Waals surface area contributed by atoms with Crippen LogP contribution in [0.2, 0.25) is 0 Å². The van der Waals surface area contributed by atoms with Gasteiger partial charge in [0, 0.05) is 26.2 Å². The summed E-state index contributed by atoms with van der Waals surface area (Å²) >= 11 is 0. The van der Waals surface area contributed by atoms with Crippen LogP contribution in [0.3, 0.4) is 0 Å². The van der Waals surface area contributed by atoms with Crippen LogP contribution in [-0.2, 0) is 6.54 Å². The molecule has 0 saturated carbocycles. The van der Waals surface area contributed by atoms with Gasteiger partial charge in [0.2, 0.25) is 0 Å². The zero-order valence-electron chi connectivity index (χ0n) is 13.8. The van der Waals surface area contributed by atoms with E-state index in [-0.39, 0.29) is 5.82 Å². The van der Waals surface area contributed by atoms with E-state index in [0.717, 1.165) is 25.2 Å². The van der Waals surface area contributed by atoms with Crippen molar-refractivity contribution in [3.05, 3.63) is 42.2 Å². The fourth-order valence-corrected chi connectivity index (χ4v) is 2.15. The molecule has 122 valence electrons. The van der Waals surface area contributed by atoms with E-state index in [1.54, 1.807) is 12.1 Å². The zero-order chi connectivity index (χ0) is 16.4. The molecule has 0 aromatic heterocycles. The third kappa shape index (κ3) is 5.39. The van der Waals surface area contributed by atoms with E-state index in [1.165, 1.54) is 0 Å². The van der Waals surface area contributed by atoms with Gasteiger partial charge < -0.3 is 15.5 Å². The highest BCUT2D eigenvalue weighted by Gasteiger charge is 2.09. The second-order valence-electron chi connectivity index (χ2n) is 4.82. The van der Waals surface area contributed by atoms with Crippen LogP contribution in [0, 0.1) is 5.82 Å². The highest BCUT2D eigenvalue weighted by atomic mass is 19.1. The molecule has 0 spiro atoms. The van der Waals surface area contributed by atoms with Gasteiger partial charge in [-0.1, -0.05) is 12.1 Å². The Morgan fingerprint density at radius 2 is 2.00 bits per heavy atom. The topological polar surface area (TPSA) is 39.7 Å². The van der Waals surface area contributed by atoms with E-state index in [2.05, 4.69) is 22.2 Å². The quantitative estimate of drug-likeness (QED) is 0.441. The maximum absolute atomic E-state index is 14.2. The molecule has 0 radical (unpaired) electrons. The Labute approximate surface area is 133 Å². The van der Waals surface area contributed by atoms with E-state index < -0.39 is 0 Å². The molecule has 4 nitrogen and oxygen atoms in total. The van der Waals surface area contributed by atoms with E-state index >= 15 is 0 Å². The average Bonchev–Trinajstić information content (AvgIpc) is 2.53. The number of hydrogen-bond acceptors (Lipinski definition) is 2. The molecule has 0 unspecified atom stereocenters. The number of nitrogens with zero attached hydrogens (tertiary/aromatic N) is 2. The monoisotopic (exact) mass is 306 g/mol. The van der Waals surface area contributed by atoms with Gasteiger partial charge in [-0.15, -0.1) is 6.58 Å². The van der Waals surface area contributed by atoms with Gasteiger partial charge in [-0.2, -0.15) is 0 Å². The Morgan fingerprint density at radius 1 is 1.27 bits per heavy atom. The molecule has 0 aliphatic carbocycles. The SMILES string of the molecule is C=CCNC(=NCc1ccc(N(CC)CC)c(F)c1)NCC. The summed E-state index contributed by atoms with van der Waals surface area (Å²) in [7, 11) is 0. The van der Waals surface area contributed by atoms with Crippen LogP contribution in [-0.4, -0.2) is 32.1 Å². The Balaban J connectivity index is 2.80. The van der Waals surface area contributed by atoms with Crippen molar-refractivity contribution in [3.63, 3.8) is 0 Å². The number of halogens is 1. The van der Waals surface area contributed by atoms with Crippen LogP contribution in [0.25, 0.3) is 0 Å². The lowest BCUT2D eigenvalue weighted by atomic mass is 10.2. The first-order chi connectivity index (χ1) is 10.7. The summed E-state index contributed by atoms with van der Waals surface area (Å²) in [6.45, 7) is 13.1. The van der Waals surface area contributed by atoms with Crippen molar-refractivity contribution >= 4 is 11.6 Å². The summed E-state index contributed by atoms with van der Waals surface area (Å²) in [5, 5.41) is 6.26. The molecule has 0 bridgehead atoms. The van der Waals surface area contributed by atoms with Crippen LogP contribution in [0.5, 0.6) is 0 Å². The molecule has 1 rings (SSSR count). The number of hydrogen-bond donors (Lipinski definition) is 2. The Kier molecular flexibility index (Phi) is 8.04. The Hall–Kier alpha value is -2.04. The van der Waals surface area contributed by atoms with Crippen molar-refractivity contribution < 1.29 is 4.39 Å². The first-order valence-electron chi connectivity index (χ1n) is 7.82. The fourth-order valence-electron chi connectivity index (χ4n) is 2.15. The third-order valence-electron chi connectivity index (χ3n) is 3.29. The van der Waals surface area contributed by atoms with E-state index in [9.17, 15) is 4.39 Å². The standard InChI is InChI=1S/C17H27FN4/c1-5-11-20-17(19-6-2)21-13-14-9-10-16(15(18)12-14)22(7-3)8-4/h5,9-10,12H,1,6-8,11,13H2,2-4H3,(H2,19,20,21).